The molecule has 6 N–H and O–H groups in total. The van der Waals surface area contributed by atoms with Gasteiger partial charge in [0, 0.05) is 36.5 Å². The lowest BCUT2D eigenvalue weighted by Gasteiger charge is -2.07. The third kappa shape index (κ3) is 3.54. The van der Waals surface area contributed by atoms with Crippen LogP contribution in [0.2, 0.25) is 0 Å². The molecule has 0 aliphatic carbocycles. The minimum absolute atomic E-state index is 0.0452. The Bertz CT molecular complexity index is 970. The number of phenolic OH excluding ortho intramolecular Hbond substituents is 1. The molecular formula is C20H22N2O5. The number of aliphatic hydroxyl groups is 1. The van der Waals surface area contributed by atoms with Crippen LogP contribution in [0.1, 0.15) is 35.0 Å². The molecule has 3 rings (SSSR count). The van der Waals surface area contributed by atoms with Crippen molar-refractivity contribution in [2.75, 3.05) is 24.7 Å². The van der Waals surface area contributed by atoms with Crippen LogP contribution in [0.5, 0.6) is 11.5 Å². The Labute approximate surface area is 156 Å². The number of fused-ring (bicyclic) bond motifs is 1. The van der Waals surface area contributed by atoms with Gasteiger partial charge in [0.2, 0.25) is 0 Å². The number of hydrogen-bond acceptors (Lipinski definition) is 7. The second-order valence-corrected chi connectivity index (χ2v) is 6.17. The quantitative estimate of drug-likeness (QED) is 0.218. The largest absolute Gasteiger partial charge is 0.504 e. The highest BCUT2D eigenvalue weighted by Crippen LogP contribution is 2.34. The van der Waals surface area contributed by atoms with E-state index in [1.807, 2.05) is 6.92 Å². The van der Waals surface area contributed by atoms with E-state index < -0.39 is 0 Å². The Kier molecular flexibility index (Phi) is 5.23. The van der Waals surface area contributed by atoms with Crippen molar-refractivity contribution in [3.8, 4) is 11.5 Å². The molecule has 0 spiro atoms. The number of rotatable bonds is 7. The molecule has 3 aromatic rings. The highest BCUT2D eigenvalue weighted by atomic mass is 16.5. The van der Waals surface area contributed by atoms with Crippen molar-refractivity contribution in [2.24, 2.45) is 0 Å². The summed E-state index contributed by atoms with van der Waals surface area (Å²) in [5.41, 5.74) is 12.8. The number of hydrogen-bond donors (Lipinski definition) is 4. The van der Waals surface area contributed by atoms with Crippen LogP contribution in [0.4, 0.5) is 11.4 Å². The summed E-state index contributed by atoms with van der Waals surface area (Å²) in [7, 11) is 0. The Hall–Kier alpha value is -3.19. The van der Waals surface area contributed by atoms with Crippen molar-refractivity contribution in [3.63, 3.8) is 0 Å². The molecule has 0 aliphatic heterocycles. The van der Waals surface area contributed by atoms with Gasteiger partial charge in [0.25, 0.3) is 0 Å². The van der Waals surface area contributed by atoms with Gasteiger partial charge in [0.1, 0.15) is 17.1 Å². The van der Waals surface area contributed by atoms with Gasteiger partial charge >= 0.3 is 0 Å². The maximum atomic E-state index is 13.1. The number of aromatic hydroxyl groups is 1. The number of ether oxygens (including phenoxy) is 1. The first-order valence-electron chi connectivity index (χ1n) is 8.68. The van der Waals surface area contributed by atoms with Gasteiger partial charge in [-0.1, -0.05) is 6.92 Å². The monoisotopic (exact) mass is 370 g/mol. The fourth-order valence-corrected chi connectivity index (χ4v) is 2.93. The molecule has 0 radical (unpaired) electrons. The Morgan fingerprint density at radius 2 is 1.89 bits per heavy atom. The van der Waals surface area contributed by atoms with Gasteiger partial charge in [-0.15, -0.1) is 0 Å². The summed E-state index contributed by atoms with van der Waals surface area (Å²) in [6.07, 6.45) is 1.06. The van der Waals surface area contributed by atoms with E-state index in [1.54, 1.807) is 18.2 Å². The molecule has 142 valence electrons. The van der Waals surface area contributed by atoms with Gasteiger partial charge < -0.3 is 30.8 Å². The highest BCUT2D eigenvalue weighted by molar-refractivity contribution is 6.17. The van der Waals surface area contributed by atoms with Crippen molar-refractivity contribution in [2.45, 2.75) is 19.8 Å². The predicted octanol–water partition coefficient (Wildman–Crippen LogP) is 2.86. The number of benzene rings is 2. The van der Waals surface area contributed by atoms with Crippen LogP contribution in [0.3, 0.4) is 0 Å². The first-order chi connectivity index (χ1) is 13.0. The van der Waals surface area contributed by atoms with Gasteiger partial charge in [-0.2, -0.15) is 0 Å². The zero-order valence-corrected chi connectivity index (χ0v) is 15.0. The molecule has 7 heteroatoms. The SMILES string of the molecule is CCc1oc2cc(OCCCO)ccc2c1C(=O)c1cc(N)c(O)c(N)c1. The smallest absolute Gasteiger partial charge is 0.197 e. The van der Waals surface area contributed by atoms with Crippen LogP contribution in [0.25, 0.3) is 11.0 Å². The number of phenols is 1. The Morgan fingerprint density at radius 3 is 2.52 bits per heavy atom. The van der Waals surface area contributed by atoms with Crippen molar-refractivity contribution in [3.05, 3.63) is 47.2 Å². The molecule has 2 aromatic carbocycles. The summed E-state index contributed by atoms with van der Waals surface area (Å²) in [6.45, 7) is 2.34. The van der Waals surface area contributed by atoms with Crippen LogP contribution in [0.15, 0.2) is 34.7 Å². The van der Waals surface area contributed by atoms with Crippen molar-refractivity contribution in [1.82, 2.24) is 0 Å². The van der Waals surface area contributed by atoms with Gasteiger partial charge in [-0.25, -0.2) is 0 Å². The van der Waals surface area contributed by atoms with Crippen LogP contribution in [-0.4, -0.2) is 29.2 Å². The number of carbonyl (C=O) groups excluding carboxylic acids is 1. The molecule has 0 saturated heterocycles. The first-order valence-corrected chi connectivity index (χ1v) is 8.68. The molecule has 0 amide bonds. The summed E-state index contributed by atoms with van der Waals surface area (Å²) >= 11 is 0. The summed E-state index contributed by atoms with van der Waals surface area (Å²) in [5.74, 6) is 0.638. The van der Waals surface area contributed by atoms with E-state index >= 15 is 0 Å². The zero-order valence-electron chi connectivity index (χ0n) is 15.0. The molecule has 7 nitrogen and oxygen atoms in total. The van der Waals surface area contributed by atoms with Gasteiger partial charge in [0.15, 0.2) is 11.5 Å². The molecule has 0 saturated carbocycles. The average Bonchev–Trinajstić information content (AvgIpc) is 3.03. The molecule has 1 heterocycles. The van der Waals surface area contributed by atoms with Gasteiger partial charge in [0.05, 0.1) is 23.5 Å². The number of carbonyl (C=O) groups is 1. The predicted molar refractivity (Wildman–Crippen MR) is 103 cm³/mol. The topological polar surface area (TPSA) is 132 Å². The van der Waals surface area contributed by atoms with E-state index in [4.69, 9.17) is 25.7 Å². The molecule has 1 aromatic heterocycles. The van der Waals surface area contributed by atoms with E-state index in [9.17, 15) is 9.90 Å². The molecule has 27 heavy (non-hydrogen) atoms. The van der Waals surface area contributed by atoms with Gasteiger partial charge in [-0.05, 0) is 24.3 Å². The third-order valence-electron chi connectivity index (χ3n) is 4.28. The average molecular weight is 370 g/mol. The number of aryl methyl sites for hydroxylation is 1. The molecule has 0 aliphatic rings. The second-order valence-electron chi connectivity index (χ2n) is 6.17. The first kappa shape index (κ1) is 18.6. The van der Waals surface area contributed by atoms with Crippen LogP contribution < -0.4 is 16.2 Å². The number of ketones is 1. The van der Waals surface area contributed by atoms with Crippen molar-refractivity contribution < 1.29 is 24.2 Å². The van der Waals surface area contributed by atoms with E-state index in [-0.39, 0.29) is 35.1 Å². The second kappa shape index (κ2) is 7.59. The van der Waals surface area contributed by atoms with E-state index in [1.165, 1.54) is 12.1 Å². The lowest BCUT2D eigenvalue weighted by molar-refractivity contribution is 0.103. The van der Waals surface area contributed by atoms with Crippen LogP contribution in [-0.2, 0) is 6.42 Å². The number of aliphatic hydroxyl groups excluding tert-OH is 1. The summed E-state index contributed by atoms with van der Waals surface area (Å²) in [6, 6.07) is 8.05. The maximum absolute atomic E-state index is 13.1. The van der Waals surface area contributed by atoms with E-state index in [2.05, 4.69) is 0 Å². The number of anilines is 2. The minimum Gasteiger partial charge on any atom is -0.504 e. The Morgan fingerprint density at radius 1 is 1.19 bits per heavy atom. The summed E-state index contributed by atoms with van der Waals surface area (Å²) < 4.78 is 11.4. The highest BCUT2D eigenvalue weighted by Gasteiger charge is 2.23. The Balaban J connectivity index is 2.03. The zero-order chi connectivity index (χ0) is 19.6. The third-order valence-corrected chi connectivity index (χ3v) is 4.28. The number of nitrogens with two attached hydrogens (primary N) is 2. The number of nitrogen functional groups attached to an aromatic ring is 2. The summed E-state index contributed by atoms with van der Waals surface area (Å²) in [4.78, 5) is 13.1. The van der Waals surface area contributed by atoms with E-state index in [0.717, 1.165) is 0 Å². The fraction of sp³-hybridized carbons (Fsp3) is 0.250. The standard InChI is InChI=1S/C20H22N2O5/c1-2-16-18(19(24)11-8-14(21)20(25)15(22)9-11)13-5-4-12(10-17(13)27-16)26-7-3-6-23/h4-5,8-10,23,25H,2-3,6-7,21-22H2,1H3. The minimum atomic E-state index is -0.280. The normalized spacial score (nSPS) is 11.0. The molecule has 0 atom stereocenters. The molecule has 0 bridgehead atoms. The van der Waals surface area contributed by atoms with Gasteiger partial charge in [-0.3, -0.25) is 4.79 Å². The van der Waals surface area contributed by atoms with Crippen LogP contribution >= 0.6 is 0 Å². The summed E-state index contributed by atoms with van der Waals surface area (Å²) in [5, 5.41) is 19.2. The maximum Gasteiger partial charge on any atom is 0.197 e. The number of furan rings is 1. The van der Waals surface area contributed by atoms with Crippen molar-refractivity contribution >= 4 is 28.1 Å². The van der Waals surface area contributed by atoms with E-state index in [0.29, 0.717) is 47.5 Å². The lowest BCUT2D eigenvalue weighted by atomic mass is 9.98. The fourth-order valence-electron chi connectivity index (χ4n) is 2.93. The van der Waals surface area contributed by atoms with Crippen molar-refractivity contribution in [1.29, 1.82) is 0 Å². The van der Waals surface area contributed by atoms with Crippen LogP contribution in [0, 0.1) is 0 Å². The molecular weight excluding hydrogens is 348 g/mol. The molecule has 0 unspecified atom stereocenters. The lowest BCUT2D eigenvalue weighted by Crippen LogP contribution is -2.06. The molecule has 0 fully saturated rings.